The van der Waals surface area contributed by atoms with E-state index in [4.69, 9.17) is 8.85 Å². The van der Waals surface area contributed by atoms with Gasteiger partial charge in [-0.15, -0.1) is 0 Å². The van der Waals surface area contributed by atoms with E-state index < -0.39 is 9.28 Å². The Kier molecular flexibility index (Phi) is 15.3. The molecule has 0 spiro atoms. The van der Waals surface area contributed by atoms with Crippen LogP contribution in [0.15, 0.2) is 0 Å². The SMILES string of the molecule is CCCCCCC[Si](OCCCC)OCCCC. The second-order valence-electron chi connectivity index (χ2n) is 4.94. The number of hydrogen-bond donors (Lipinski definition) is 0. The molecule has 0 atom stereocenters. The molecule has 0 aromatic carbocycles. The van der Waals surface area contributed by atoms with Gasteiger partial charge in [0.15, 0.2) is 0 Å². The van der Waals surface area contributed by atoms with Crippen molar-refractivity contribution in [1.82, 2.24) is 0 Å². The first-order valence-corrected chi connectivity index (χ1v) is 9.48. The predicted octanol–water partition coefficient (Wildman–Crippen LogP) is 5.08. The first-order valence-electron chi connectivity index (χ1n) is 7.96. The number of unbranched alkanes of at least 4 members (excludes halogenated alkanes) is 6. The molecule has 0 aliphatic rings. The molecule has 0 aromatic rings. The van der Waals surface area contributed by atoms with E-state index in [1.807, 2.05) is 0 Å². The molecule has 0 rings (SSSR count). The van der Waals surface area contributed by atoms with Gasteiger partial charge in [0.05, 0.1) is 0 Å². The molecule has 0 heterocycles. The average molecular weight is 274 g/mol. The zero-order chi connectivity index (χ0) is 13.5. The minimum Gasteiger partial charge on any atom is -0.393 e. The molecule has 0 fully saturated rings. The quantitative estimate of drug-likeness (QED) is 0.324. The molecule has 109 valence electrons. The van der Waals surface area contributed by atoms with Crippen LogP contribution in [0, 0.1) is 0 Å². The first kappa shape index (κ1) is 18.1. The lowest BCUT2D eigenvalue weighted by atomic mass is 10.2. The fourth-order valence-electron chi connectivity index (χ4n) is 1.72. The Bertz CT molecular complexity index is 143. The first-order chi connectivity index (χ1) is 8.85. The Balaban J connectivity index is 3.60. The van der Waals surface area contributed by atoms with Crippen molar-refractivity contribution >= 4 is 9.28 Å². The van der Waals surface area contributed by atoms with E-state index in [-0.39, 0.29) is 0 Å². The van der Waals surface area contributed by atoms with Crippen LogP contribution >= 0.6 is 0 Å². The molecule has 1 radical (unpaired) electrons. The highest BCUT2D eigenvalue weighted by atomic mass is 28.3. The van der Waals surface area contributed by atoms with Gasteiger partial charge < -0.3 is 8.85 Å². The number of rotatable bonds is 14. The van der Waals surface area contributed by atoms with Crippen LogP contribution in [0.5, 0.6) is 0 Å². The van der Waals surface area contributed by atoms with Gasteiger partial charge >= 0.3 is 9.28 Å². The highest BCUT2D eigenvalue weighted by Crippen LogP contribution is 2.10. The Morgan fingerprint density at radius 2 is 1.11 bits per heavy atom. The van der Waals surface area contributed by atoms with E-state index in [1.165, 1.54) is 63.8 Å². The third kappa shape index (κ3) is 12.6. The Hall–Kier alpha value is 0.137. The van der Waals surface area contributed by atoms with Crippen molar-refractivity contribution in [3.8, 4) is 0 Å². The van der Waals surface area contributed by atoms with E-state index in [9.17, 15) is 0 Å². The third-order valence-electron chi connectivity index (χ3n) is 3.01. The van der Waals surface area contributed by atoms with Gasteiger partial charge in [-0.25, -0.2) is 0 Å². The lowest BCUT2D eigenvalue weighted by Gasteiger charge is -2.15. The Labute approximate surface area is 116 Å². The fourth-order valence-corrected chi connectivity index (χ4v) is 3.37. The summed E-state index contributed by atoms with van der Waals surface area (Å²) in [6.07, 6.45) is 11.4. The standard InChI is InChI=1S/C15H33O2Si/c1-4-7-10-11-12-15-18(16-13-8-5-2)17-14-9-6-3/h4-15H2,1-3H3. The van der Waals surface area contributed by atoms with E-state index in [2.05, 4.69) is 20.8 Å². The van der Waals surface area contributed by atoms with Gasteiger partial charge in [-0.05, 0) is 18.9 Å². The van der Waals surface area contributed by atoms with Crippen LogP contribution in [0.1, 0.15) is 78.6 Å². The molecule has 0 saturated carbocycles. The molecule has 3 heteroatoms. The van der Waals surface area contributed by atoms with Crippen molar-refractivity contribution in [3.63, 3.8) is 0 Å². The summed E-state index contributed by atoms with van der Waals surface area (Å²) in [6.45, 7) is 8.46. The lowest BCUT2D eigenvalue weighted by Crippen LogP contribution is -2.24. The van der Waals surface area contributed by atoms with Gasteiger partial charge in [0.25, 0.3) is 0 Å². The van der Waals surface area contributed by atoms with Gasteiger partial charge in [0, 0.05) is 13.2 Å². The zero-order valence-corrected chi connectivity index (χ0v) is 13.8. The molecule has 18 heavy (non-hydrogen) atoms. The summed E-state index contributed by atoms with van der Waals surface area (Å²) in [6, 6.07) is 1.17. The van der Waals surface area contributed by atoms with Crippen molar-refractivity contribution in [1.29, 1.82) is 0 Å². The van der Waals surface area contributed by atoms with Crippen molar-refractivity contribution in [2.24, 2.45) is 0 Å². The van der Waals surface area contributed by atoms with Crippen LogP contribution in [-0.2, 0) is 8.85 Å². The summed E-state index contributed by atoms with van der Waals surface area (Å²) in [5, 5.41) is 0. The monoisotopic (exact) mass is 273 g/mol. The molecular weight excluding hydrogens is 240 g/mol. The molecule has 0 bridgehead atoms. The normalized spacial score (nSPS) is 11.3. The van der Waals surface area contributed by atoms with Crippen molar-refractivity contribution in [2.45, 2.75) is 84.6 Å². The van der Waals surface area contributed by atoms with Gasteiger partial charge in [-0.2, -0.15) is 0 Å². The molecular formula is C15H33O2Si. The van der Waals surface area contributed by atoms with Crippen LogP contribution in [-0.4, -0.2) is 22.5 Å². The average Bonchev–Trinajstić information content (AvgIpc) is 2.38. The molecule has 0 N–H and O–H groups in total. The molecule has 0 aromatic heterocycles. The highest BCUT2D eigenvalue weighted by Gasteiger charge is 2.14. The summed E-state index contributed by atoms with van der Waals surface area (Å²) in [4.78, 5) is 0. The molecule has 0 unspecified atom stereocenters. The van der Waals surface area contributed by atoms with Crippen LogP contribution < -0.4 is 0 Å². The minimum absolute atomic E-state index is 0.895. The van der Waals surface area contributed by atoms with Crippen molar-refractivity contribution in [2.75, 3.05) is 13.2 Å². The number of hydrogen-bond acceptors (Lipinski definition) is 2. The highest BCUT2D eigenvalue weighted by molar-refractivity contribution is 6.44. The topological polar surface area (TPSA) is 18.5 Å². The summed E-state index contributed by atoms with van der Waals surface area (Å²) < 4.78 is 11.8. The van der Waals surface area contributed by atoms with E-state index >= 15 is 0 Å². The largest absolute Gasteiger partial charge is 0.393 e. The van der Waals surface area contributed by atoms with Gasteiger partial charge in [0.1, 0.15) is 0 Å². The van der Waals surface area contributed by atoms with E-state index in [1.54, 1.807) is 0 Å². The van der Waals surface area contributed by atoms with Crippen molar-refractivity contribution in [3.05, 3.63) is 0 Å². The molecule has 0 saturated heterocycles. The van der Waals surface area contributed by atoms with Crippen molar-refractivity contribution < 1.29 is 8.85 Å². The van der Waals surface area contributed by atoms with Crippen LogP contribution in [0.4, 0.5) is 0 Å². The smallest absolute Gasteiger partial charge is 0.384 e. The summed E-state index contributed by atoms with van der Waals surface area (Å²) in [5.74, 6) is 0. The summed E-state index contributed by atoms with van der Waals surface area (Å²) in [5.41, 5.74) is 0. The van der Waals surface area contributed by atoms with Crippen LogP contribution in [0.25, 0.3) is 0 Å². The van der Waals surface area contributed by atoms with Crippen LogP contribution in [0.2, 0.25) is 6.04 Å². The second kappa shape index (κ2) is 15.2. The summed E-state index contributed by atoms with van der Waals surface area (Å²) in [7, 11) is -0.977. The zero-order valence-electron chi connectivity index (χ0n) is 12.8. The van der Waals surface area contributed by atoms with Gasteiger partial charge in [0.2, 0.25) is 0 Å². The van der Waals surface area contributed by atoms with E-state index in [0.717, 1.165) is 13.2 Å². The lowest BCUT2D eigenvalue weighted by molar-refractivity contribution is 0.190. The summed E-state index contributed by atoms with van der Waals surface area (Å²) >= 11 is 0. The molecule has 2 nitrogen and oxygen atoms in total. The molecule has 0 amide bonds. The minimum atomic E-state index is -0.977. The maximum Gasteiger partial charge on any atom is 0.384 e. The third-order valence-corrected chi connectivity index (χ3v) is 4.82. The van der Waals surface area contributed by atoms with E-state index in [0.29, 0.717) is 0 Å². The van der Waals surface area contributed by atoms with Gasteiger partial charge in [-0.1, -0.05) is 65.7 Å². The molecule has 0 aliphatic heterocycles. The maximum absolute atomic E-state index is 5.92. The Morgan fingerprint density at radius 1 is 0.611 bits per heavy atom. The second-order valence-corrected chi connectivity index (χ2v) is 6.76. The fraction of sp³-hybridized carbons (Fsp3) is 1.00. The maximum atomic E-state index is 5.92. The van der Waals surface area contributed by atoms with Crippen LogP contribution in [0.3, 0.4) is 0 Å². The Morgan fingerprint density at radius 3 is 1.61 bits per heavy atom. The van der Waals surface area contributed by atoms with Gasteiger partial charge in [-0.3, -0.25) is 0 Å². The predicted molar refractivity (Wildman–Crippen MR) is 81.0 cm³/mol. The molecule has 0 aliphatic carbocycles.